The average Bonchev–Trinajstić information content (AvgIpc) is 2.84. The van der Waals surface area contributed by atoms with E-state index in [0.29, 0.717) is 13.2 Å². The molecule has 1 aromatic carbocycles. The van der Waals surface area contributed by atoms with Crippen LogP contribution in [0, 0.1) is 0 Å². The van der Waals surface area contributed by atoms with Crippen LogP contribution in [0.1, 0.15) is 26.2 Å². The van der Waals surface area contributed by atoms with Crippen molar-refractivity contribution in [2.75, 3.05) is 70.4 Å². The number of nitrogens with zero attached hydrogens (tertiary/aromatic N) is 6. The number of carbonyl (C=O) groups is 1. The van der Waals surface area contributed by atoms with Gasteiger partial charge in [-0.05, 0) is 44.0 Å². The number of ether oxygens (including phenoxy) is 1. The van der Waals surface area contributed by atoms with Crippen molar-refractivity contribution in [3.8, 4) is 17.0 Å². The van der Waals surface area contributed by atoms with Gasteiger partial charge in [0.1, 0.15) is 5.75 Å². The Morgan fingerprint density at radius 1 is 0.971 bits per heavy atom. The second kappa shape index (κ2) is 10.7. The van der Waals surface area contributed by atoms with Gasteiger partial charge in [-0.3, -0.25) is 14.6 Å². The number of hydrogen-bond acceptors (Lipinski definition) is 7. The Balaban J connectivity index is 1.08. The van der Waals surface area contributed by atoms with Crippen LogP contribution in [0.2, 0.25) is 0 Å². The monoisotopic (exact) mass is 464 g/mol. The third-order valence-corrected chi connectivity index (χ3v) is 7.40. The number of hydrogen-bond donors (Lipinski definition) is 0. The first-order valence-electron chi connectivity index (χ1n) is 12.8. The molecular formula is C26H36N6O2. The zero-order valence-corrected chi connectivity index (χ0v) is 20.2. The molecule has 0 atom stereocenters. The zero-order chi connectivity index (χ0) is 23.3. The van der Waals surface area contributed by atoms with Gasteiger partial charge in [0.25, 0.3) is 0 Å². The highest BCUT2D eigenvalue weighted by Crippen LogP contribution is 2.26. The van der Waals surface area contributed by atoms with Crippen LogP contribution < -0.4 is 9.64 Å². The van der Waals surface area contributed by atoms with Crippen LogP contribution in [0.4, 0.5) is 5.82 Å². The first-order valence-corrected chi connectivity index (χ1v) is 12.8. The average molecular weight is 465 g/mol. The highest BCUT2D eigenvalue weighted by Gasteiger charge is 2.30. The zero-order valence-electron chi connectivity index (χ0n) is 20.2. The van der Waals surface area contributed by atoms with Gasteiger partial charge in [-0.25, -0.2) is 0 Å². The van der Waals surface area contributed by atoms with E-state index in [1.165, 1.54) is 19.3 Å². The summed E-state index contributed by atoms with van der Waals surface area (Å²) in [6.45, 7) is 10.4. The van der Waals surface area contributed by atoms with Gasteiger partial charge in [-0.1, -0.05) is 18.6 Å². The molecule has 3 fully saturated rings. The third kappa shape index (κ3) is 5.33. The highest BCUT2D eigenvalue weighted by molar-refractivity contribution is 5.78. The van der Waals surface area contributed by atoms with E-state index in [1.807, 2.05) is 43.3 Å². The van der Waals surface area contributed by atoms with E-state index in [4.69, 9.17) is 4.74 Å². The second-order valence-corrected chi connectivity index (χ2v) is 9.50. The minimum Gasteiger partial charge on any atom is -0.494 e. The van der Waals surface area contributed by atoms with Crippen LogP contribution in [0.25, 0.3) is 11.3 Å². The highest BCUT2D eigenvalue weighted by atomic mass is 16.5. The summed E-state index contributed by atoms with van der Waals surface area (Å²) < 4.78 is 5.59. The van der Waals surface area contributed by atoms with E-state index in [-0.39, 0.29) is 5.91 Å². The molecule has 0 spiro atoms. The van der Waals surface area contributed by atoms with Crippen LogP contribution >= 0.6 is 0 Å². The van der Waals surface area contributed by atoms with Gasteiger partial charge < -0.3 is 14.5 Å². The van der Waals surface area contributed by atoms with E-state index < -0.39 is 0 Å². The summed E-state index contributed by atoms with van der Waals surface area (Å²) in [7, 11) is 0. The SMILES string of the molecule is CCOc1cccc(-c2ccc(N3CCN(CC(=O)N4CCN(C5CCC5)CC4)CC3)nn2)c1. The molecule has 1 saturated carbocycles. The van der Waals surface area contributed by atoms with Crippen molar-refractivity contribution >= 4 is 11.7 Å². The number of benzene rings is 1. The molecule has 8 nitrogen and oxygen atoms in total. The van der Waals surface area contributed by atoms with E-state index >= 15 is 0 Å². The molecule has 2 aromatic rings. The summed E-state index contributed by atoms with van der Waals surface area (Å²) in [5, 5.41) is 8.94. The lowest BCUT2D eigenvalue weighted by atomic mass is 9.91. The summed E-state index contributed by atoms with van der Waals surface area (Å²) in [6, 6.07) is 12.8. The van der Waals surface area contributed by atoms with E-state index in [9.17, 15) is 4.79 Å². The minimum absolute atomic E-state index is 0.278. The Bertz CT molecular complexity index is 948. The van der Waals surface area contributed by atoms with E-state index in [2.05, 4.69) is 29.8 Å². The molecule has 1 aromatic heterocycles. The van der Waals surface area contributed by atoms with Gasteiger partial charge in [-0.15, -0.1) is 10.2 Å². The van der Waals surface area contributed by atoms with Crippen molar-refractivity contribution in [3.63, 3.8) is 0 Å². The number of amides is 1. The molecule has 1 amide bonds. The molecule has 182 valence electrons. The normalized spacial score (nSPS) is 20.3. The summed E-state index contributed by atoms with van der Waals surface area (Å²) in [5.41, 5.74) is 1.84. The van der Waals surface area contributed by atoms with Crippen LogP contribution in [-0.2, 0) is 4.79 Å². The van der Waals surface area contributed by atoms with Crippen molar-refractivity contribution in [2.24, 2.45) is 0 Å². The van der Waals surface area contributed by atoms with Crippen LogP contribution in [0.5, 0.6) is 5.75 Å². The van der Waals surface area contributed by atoms with E-state index in [1.54, 1.807) is 0 Å². The number of aromatic nitrogens is 2. The number of anilines is 1. The summed E-state index contributed by atoms with van der Waals surface area (Å²) in [6.07, 6.45) is 4.05. The smallest absolute Gasteiger partial charge is 0.236 e. The largest absolute Gasteiger partial charge is 0.494 e. The predicted octanol–water partition coefficient (Wildman–Crippen LogP) is 2.36. The maximum absolute atomic E-state index is 12.8. The Labute approximate surface area is 202 Å². The molecule has 2 saturated heterocycles. The molecule has 34 heavy (non-hydrogen) atoms. The Kier molecular flexibility index (Phi) is 7.25. The van der Waals surface area contributed by atoms with Crippen molar-refractivity contribution in [2.45, 2.75) is 32.2 Å². The van der Waals surface area contributed by atoms with Crippen molar-refractivity contribution < 1.29 is 9.53 Å². The Morgan fingerprint density at radius 2 is 1.76 bits per heavy atom. The first kappa shape index (κ1) is 23.1. The third-order valence-electron chi connectivity index (χ3n) is 7.40. The molecule has 8 heteroatoms. The molecule has 3 heterocycles. The maximum Gasteiger partial charge on any atom is 0.236 e. The molecular weight excluding hydrogens is 428 g/mol. The fourth-order valence-corrected chi connectivity index (χ4v) is 5.07. The number of piperazine rings is 2. The lowest BCUT2D eigenvalue weighted by molar-refractivity contribution is -0.134. The molecule has 0 radical (unpaired) electrons. The van der Waals surface area contributed by atoms with Crippen molar-refractivity contribution in [1.82, 2.24) is 24.9 Å². The van der Waals surface area contributed by atoms with Gasteiger partial charge in [0, 0.05) is 64.0 Å². The molecule has 5 rings (SSSR count). The van der Waals surface area contributed by atoms with E-state index in [0.717, 1.165) is 81.2 Å². The van der Waals surface area contributed by atoms with Gasteiger partial charge in [0.15, 0.2) is 5.82 Å². The van der Waals surface area contributed by atoms with Crippen LogP contribution in [0.3, 0.4) is 0 Å². The minimum atomic E-state index is 0.278. The molecule has 0 unspecified atom stereocenters. The molecule has 0 bridgehead atoms. The van der Waals surface area contributed by atoms with Gasteiger partial charge in [0.2, 0.25) is 5.91 Å². The standard InChI is InChI=1S/C26H36N6O2/c1-2-34-23-8-3-5-21(19-23)24-9-10-25(28-27-24)31-13-11-29(12-14-31)20-26(33)32-17-15-30(16-18-32)22-6-4-7-22/h3,5,8-10,19,22H,2,4,6-7,11-18,20H2,1H3. The maximum atomic E-state index is 12.8. The van der Waals surface area contributed by atoms with Crippen molar-refractivity contribution in [1.29, 1.82) is 0 Å². The molecule has 1 aliphatic carbocycles. The predicted molar refractivity (Wildman–Crippen MR) is 133 cm³/mol. The number of rotatable bonds is 7. The fraction of sp³-hybridized carbons (Fsp3) is 0.577. The van der Waals surface area contributed by atoms with Gasteiger partial charge in [0.05, 0.1) is 18.8 Å². The fourth-order valence-electron chi connectivity index (χ4n) is 5.07. The van der Waals surface area contributed by atoms with Gasteiger partial charge >= 0.3 is 0 Å². The summed E-state index contributed by atoms with van der Waals surface area (Å²) in [5.74, 6) is 2.01. The number of carbonyl (C=O) groups excluding carboxylic acids is 1. The second-order valence-electron chi connectivity index (χ2n) is 9.50. The summed E-state index contributed by atoms with van der Waals surface area (Å²) >= 11 is 0. The quantitative estimate of drug-likeness (QED) is 0.623. The van der Waals surface area contributed by atoms with Crippen molar-refractivity contribution in [3.05, 3.63) is 36.4 Å². The first-order chi connectivity index (χ1) is 16.7. The Morgan fingerprint density at radius 3 is 2.41 bits per heavy atom. The Hall–Kier alpha value is -2.71. The molecule has 3 aliphatic rings. The topological polar surface area (TPSA) is 65.0 Å². The van der Waals surface area contributed by atoms with Gasteiger partial charge in [-0.2, -0.15) is 0 Å². The lowest BCUT2D eigenvalue weighted by Crippen LogP contribution is -2.56. The lowest BCUT2D eigenvalue weighted by Gasteiger charge is -2.43. The molecule has 0 N–H and O–H groups in total. The van der Waals surface area contributed by atoms with Crippen LogP contribution in [-0.4, -0.2) is 102 Å². The molecule has 2 aliphatic heterocycles. The van der Waals surface area contributed by atoms with Crippen LogP contribution in [0.15, 0.2) is 36.4 Å². The summed E-state index contributed by atoms with van der Waals surface area (Å²) in [4.78, 5) is 22.0.